The average Bonchev–Trinajstić information content (AvgIpc) is 2.98. The van der Waals surface area contributed by atoms with E-state index < -0.39 is 5.41 Å². The number of aromatic hydroxyl groups is 1. The predicted octanol–water partition coefficient (Wildman–Crippen LogP) is 2.07. The zero-order valence-corrected chi connectivity index (χ0v) is 14.1. The first-order valence-corrected chi connectivity index (χ1v) is 9.10. The Morgan fingerprint density at radius 1 is 1.33 bits per heavy atom. The van der Waals surface area contributed by atoms with Crippen LogP contribution < -0.4 is 4.90 Å². The molecule has 1 aliphatic carbocycles. The average molecular weight is 322 g/mol. The van der Waals surface area contributed by atoms with Gasteiger partial charge in [0.05, 0.1) is 17.1 Å². The van der Waals surface area contributed by atoms with Gasteiger partial charge < -0.3 is 10.0 Å². The third-order valence-corrected chi connectivity index (χ3v) is 7.82. The topological polar surface area (TPSA) is 43.8 Å². The summed E-state index contributed by atoms with van der Waals surface area (Å²) in [5.41, 5.74) is 3.06. The molecule has 7 rings (SSSR count). The smallest absolute Gasteiger partial charge is 0.150 e. The van der Waals surface area contributed by atoms with E-state index in [-0.39, 0.29) is 12.0 Å². The number of benzene rings is 1. The molecule has 4 heteroatoms. The number of hydrogen-bond donors (Lipinski definition) is 1. The number of hydrogen-bond acceptors (Lipinski definition) is 4. The van der Waals surface area contributed by atoms with Crippen LogP contribution in [0.1, 0.15) is 25.3 Å². The van der Waals surface area contributed by atoms with Crippen LogP contribution in [0.5, 0.6) is 5.75 Å². The quantitative estimate of drug-likeness (QED) is 0.743. The molecule has 4 nitrogen and oxygen atoms in total. The monoisotopic (exact) mass is 322 g/mol. The Bertz CT molecular complexity index is 831. The molecule has 5 fully saturated rings. The number of para-hydroxylation sites is 1. The van der Waals surface area contributed by atoms with Crippen LogP contribution in [0.15, 0.2) is 29.8 Å². The van der Waals surface area contributed by atoms with E-state index in [9.17, 15) is 9.90 Å². The van der Waals surface area contributed by atoms with Crippen molar-refractivity contribution in [2.24, 2.45) is 11.8 Å². The van der Waals surface area contributed by atoms with Gasteiger partial charge in [0, 0.05) is 31.6 Å². The van der Waals surface area contributed by atoms with E-state index in [0.29, 0.717) is 29.5 Å². The number of carbonyl (C=O) groups excluding carboxylic acids is 1. The molecule has 0 aromatic heterocycles. The highest BCUT2D eigenvalue weighted by Gasteiger charge is 2.74. The van der Waals surface area contributed by atoms with Crippen molar-refractivity contribution in [2.75, 3.05) is 18.5 Å². The molecule has 1 spiro atoms. The summed E-state index contributed by atoms with van der Waals surface area (Å²) in [5.74, 6) is 1.37. The molecular weight excluding hydrogens is 300 g/mol. The zero-order chi connectivity index (χ0) is 16.4. The van der Waals surface area contributed by atoms with Gasteiger partial charge in [-0.25, -0.2) is 0 Å². The molecule has 124 valence electrons. The summed E-state index contributed by atoms with van der Waals surface area (Å²) in [7, 11) is 2.07. The third kappa shape index (κ3) is 1.13. The second kappa shape index (κ2) is 3.88. The van der Waals surface area contributed by atoms with Gasteiger partial charge in [-0.1, -0.05) is 23.8 Å². The zero-order valence-electron chi connectivity index (χ0n) is 14.1. The normalized spacial score (nSPS) is 48.3. The van der Waals surface area contributed by atoms with Crippen LogP contribution in [0.2, 0.25) is 0 Å². The predicted molar refractivity (Wildman–Crippen MR) is 91.2 cm³/mol. The summed E-state index contributed by atoms with van der Waals surface area (Å²) in [6.07, 6.45) is 4.27. The molecule has 4 saturated heterocycles. The number of phenolic OH excluding ortho intramolecular Hbond substituents is 1. The number of allylic oxidation sites excluding steroid dienone is 1. The Morgan fingerprint density at radius 2 is 2.17 bits per heavy atom. The Hall–Kier alpha value is -1.81. The van der Waals surface area contributed by atoms with Crippen molar-refractivity contribution in [3.63, 3.8) is 0 Å². The summed E-state index contributed by atoms with van der Waals surface area (Å²) < 4.78 is 0. The van der Waals surface area contributed by atoms with Crippen LogP contribution in [0.25, 0.3) is 0 Å². The number of anilines is 1. The summed E-state index contributed by atoms with van der Waals surface area (Å²) in [6.45, 7) is 3.15. The first-order chi connectivity index (χ1) is 11.6. The summed E-state index contributed by atoms with van der Waals surface area (Å²) in [5, 5.41) is 10.5. The second-order valence-electron chi connectivity index (χ2n) is 8.31. The van der Waals surface area contributed by atoms with Crippen molar-refractivity contribution < 1.29 is 9.90 Å². The molecule has 5 heterocycles. The van der Waals surface area contributed by atoms with Gasteiger partial charge in [-0.3, -0.25) is 9.69 Å². The molecular formula is C20H22N2O2. The number of nitrogens with zero attached hydrogens (tertiary/aromatic N) is 2. The Balaban J connectivity index is 1.64. The lowest BCUT2D eigenvalue weighted by atomic mass is 9.65. The lowest BCUT2D eigenvalue weighted by molar-refractivity contribution is -0.126. The van der Waals surface area contributed by atoms with Crippen LogP contribution in [0, 0.1) is 11.8 Å². The van der Waals surface area contributed by atoms with Crippen molar-refractivity contribution in [3.8, 4) is 5.75 Å². The Morgan fingerprint density at radius 3 is 2.96 bits per heavy atom. The number of carbonyl (C=O) groups is 1. The van der Waals surface area contributed by atoms with Gasteiger partial charge in [0.2, 0.25) is 0 Å². The molecule has 7 atom stereocenters. The van der Waals surface area contributed by atoms with Crippen molar-refractivity contribution in [3.05, 3.63) is 35.4 Å². The maximum absolute atomic E-state index is 13.8. The Kier molecular flexibility index (Phi) is 2.18. The van der Waals surface area contributed by atoms with Gasteiger partial charge in [-0.05, 0) is 37.3 Å². The fourth-order valence-corrected chi connectivity index (χ4v) is 7.14. The minimum absolute atomic E-state index is 0.160. The van der Waals surface area contributed by atoms with Crippen LogP contribution in [0.3, 0.4) is 0 Å². The summed E-state index contributed by atoms with van der Waals surface area (Å²) >= 11 is 0. The summed E-state index contributed by atoms with van der Waals surface area (Å²) in [4.78, 5) is 18.6. The van der Waals surface area contributed by atoms with E-state index >= 15 is 0 Å². The van der Waals surface area contributed by atoms with Crippen molar-refractivity contribution in [1.82, 2.24) is 4.90 Å². The number of fused-ring (bicyclic) bond motifs is 2. The minimum atomic E-state index is -0.392. The van der Waals surface area contributed by atoms with Gasteiger partial charge in [-0.15, -0.1) is 0 Å². The number of Topliss-reactive ketones (excluding diaryl/α,β-unsaturated/α-hetero) is 1. The van der Waals surface area contributed by atoms with Gasteiger partial charge in [0.25, 0.3) is 0 Å². The van der Waals surface area contributed by atoms with E-state index in [0.717, 1.165) is 30.6 Å². The number of rotatable bonds is 0. The lowest BCUT2D eigenvalue weighted by Gasteiger charge is -2.58. The molecule has 1 aromatic rings. The van der Waals surface area contributed by atoms with Gasteiger partial charge in [-0.2, -0.15) is 0 Å². The highest BCUT2D eigenvalue weighted by Crippen LogP contribution is 2.67. The second-order valence-corrected chi connectivity index (χ2v) is 8.31. The maximum atomic E-state index is 13.8. The number of phenols is 1. The molecule has 1 saturated carbocycles. The van der Waals surface area contributed by atoms with Crippen molar-refractivity contribution in [1.29, 1.82) is 0 Å². The van der Waals surface area contributed by atoms with E-state index in [1.807, 2.05) is 6.07 Å². The SMILES string of the molecule is C/C=C1/CN2[C@H]3C[C@@]45C(=O)[C@H]3[C@H]1C[C@H]2[C@H]4N(C)c1c(O)cccc15. The molecule has 5 bridgehead atoms. The van der Waals surface area contributed by atoms with Crippen LogP contribution in [-0.4, -0.2) is 47.5 Å². The Labute approximate surface area is 141 Å². The molecule has 6 aliphatic rings. The van der Waals surface area contributed by atoms with Crippen LogP contribution in [0.4, 0.5) is 5.69 Å². The highest BCUT2D eigenvalue weighted by molar-refractivity contribution is 6.02. The van der Waals surface area contributed by atoms with Crippen molar-refractivity contribution >= 4 is 11.5 Å². The summed E-state index contributed by atoms with van der Waals surface area (Å²) in [6, 6.07) is 6.76. The molecule has 5 aliphatic heterocycles. The fourth-order valence-electron chi connectivity index (χ4n) is 7.14. The number of ketones is 1. The van der Waals surface area contributed by atoms with Crippen LogP contribution >= 0.6 is 0 Å². The standard InChI is InChI=1S/C20H22N2O2/c1-3-10-9-22-13-7-11(10)16-14(22)8-20(19(16)24)12-5-4-6-15(23)17(12)21(2)18(13)20/h3-6,11,13-14,16,18,23H,7-9H2,1-2H3/b10-3-/t11-,13-,14-,16-,18+,20-/m0/s1. The largest absolute Gasteiger partial charge is 0.506 e. The van der Waals surface area contributed by atoms with E-state index in [1.165, 1.54) is 5.57 Å². The van der Waals surface area contributed by atoms with E-state index in [2.05, 4.69) is 35.9 Å². The van der Waals surface area contributed by atoms with Gasteiger partial charge in [0.1, 0.15) is 5.75 Å². The minimum Gasteiger partial charge on any atom is -0.506 e. The third-order valence-electron chi connectivity index (χ3n) is 7.82. The fraction of sp³-hybridized carbons (Fsp3) is 0.550. The van der Waals surface area contributed by atoms with Gasteiger partial charge >= 0.3 is 0 Å². The van der Waals surface area contributed by atoms with Crippen LogP contribution in [-0.2, 0) is 10.2 Å². The number of likely N-dealkylation sites (N-methyl/N-ethyl adjacent to an activating group) is 1. The van der Waals surface area contributed by atoms with Crippen molar-refractivity contribution in [2.45, 2.75) is 43.3 Å². The maximum Gasteiger partial charge on any atom is 0.150 e. The lowest BCUT2D eigenvalue weighted by Crippen LogP contribution is -2.68. The highest BCUT2D eigenvalue weighted by atomic mass is 16.3. The van der Waals surface area contributed by atoms with E-state index in [4.69, 9.17) is 0 Å². The molecule has 1 unspecified atom stereocenters. The van der Waals surface area contributed by atoms with Gasteiger partial charge in [0.15, 0.2) is 5.78 Å². The molecule has 0 radical (unpaired) electrons. The first-order valence-electron chi connectivity index (χ1n) is 9.10. The molecule has 1 N–H and O–H groups in total. The number of piperidine rings is 4. The first kappa shape index (κ1) is 13.5. The molecule has 1 aromatic carbocycles. The molecule has 0 amide bonds. The molecule has 24 heavy (non-hydrogen) atoms. The van der Waals surface area contributed by atoms with E-state index in [1.54, 1.807) is 6.07 Å².